The molecule has 0 saturated heterocycles. The first kappa shape index (κ1) is 11.3. The molecule has 0 aromatic heterocycles. The van der Waals surface area contributed by atoms with Crippen molar-refractivity contribution in [2.45, 2.75) is 0 Å². The third-order valence-electron chi connectivity index (χ3n) is 2.76. The summed E-state index contributed by atoms with van der Waals surface area (Å²) in [5, 5.41) is 0. The Bertz CT molecular complexity index is 515. The Morgan fingerprint density at radius 1 is 0.882 bits per heavy atom. The van der Waals surface area contributed by atoms with E-state index in [1.54, 1.807) is 0 Å². The smallest absolute Gasteiger partial charge is 0.0461 e. The van der Waals surface area contributed by atoms with E-state index < -0.39 is 0 Å². The molecule has 0 radical (unpaired) electrons. The molecule has 3 nitrogen and oxygen atoms in total. The van der Waals surface area contributed by atoms with Crippen molar-refractivity contribution in [1.29, 1.82) is 0 Å². The normalized spacial score (nSPS) is 10.2. The van der Waals surface area contributed by atoms with Crippen molar-refractivity contribution in [3.8, 4) is 11.1 Å². The molecule has 0 aliphatic heterocycles. The second-order valence-corrected chi connectivity index (χ2v) is 4.26. The van der Waals surface area contributed by atoms with Crippen LogP contribution in [0.4, 0.5) is 17.1 Å². The van der Waals surface area contributed by atoms with Crippen LogP contribution in [0.2, 0.25) is 0 Å². The average molecular weight is 227 g/mol. The Kier molecular flexibility index (Phi) is 2.91. The van der Waals surface area contributed by atoms with Gasteiger partial charge in [-0.15, -0.1) is 0 Å². The van der Waals surface area contributed by atoms with E-state index in [1.165, 1.54) is 0 Å². The zero-order valence-corrected chi connectivity index (χ0v) is 10.1. The van der Waals surface area contributed by atoms with Gasteiger partial charge in [0, 0.05) is 36.7 Å². The van der Waals surface area contributed by atoms with Crippen LogP contribution in [0.5, 0.6) is 0 Å². The second kappa shape index (κ2) is 4.37. The van der Waals surface area contributed by atoms with Crippen LogP contribution < -0.4 is 16.4 Å². The van der Waals surface area contributed by atoms with Crippen molar-refractivity contribution in [3.63, 3.8) is 0 Å². The second-order valence-electron chi connectivity index (χ2n) is 4.26. The number of hydrogen-bond donors (Lipinski definition) is 2. The van der Waals surface area contributed by atoms with Crippen LogP contribution >= 0.6 is 0 Å². The van der Waals surface area contributed by atoms with Crippen LogP contribution in [0.3, 0.4) is 0 Å². The molecule has 2 aromatic rings. The van der Waals surface area contributed by atoms with Gasteiger partial charge in [0.2, 0.25) is 0 Å². The fraction of sp³-hybridized carbons (Fsp3) is 0.143. The van der Waals surface area contributed by atoms with Gasteiger partial charge in [0.05, 0.1) is 0 Å². The number of nitrogens with zero attached hydrogens (tertiary/aromatic N) is 1. The van der Waals surface area contributed by atoms with E-state index >= 15 is 0 Å². The molecule has 0 heterocycles. The summed E-state index contributed by atoms with van der Waals surface area (Å²) >= 11 is 0. The summed E-state index contributed by atoms with van der Waals surface area (Å²) < 4.78 is 0. The summed E-state index contributed by atoms with van der Waals surface area (Å²) in [6, 6.07) is 13.7. The predicted molar refractivity (Wildman–Crippen MR) is 75.0 cm³/mol. The number of nitrogen functional groups attached to an aromatic ring is 2. The Hall–Kier alpha value is -2.16. The largest absolute Gasteiger partial charge is 0.399 e. The molecule has 0 atom stereocenters. The fourth-order valence-electron chi connectivity index (χ4n) is 1.89. The molecular weight excluding hydrogens is 210 g/mol. The zero-order valence-electron chi connectivity index (χ0n) is 10.1. The van der Waals surface area contributed by atoms with E-state index in [0.717, 1.165) is 28.2 Å². The third-order valence-corrected chi connectivity index (χ3v) is 2.76. The van der Waals surface area contributed by atoms with Crippen LogP contribution in [0.15, 0.2) is 42.5 Å². The lowest BCUT2D eigenvalue weighted by molar-refractivity contribution is 1.13. The molecular formula is C14H17N3. The molecule has 0 unspecified atom stereocenters. The SMILES string of the molecule is CN(C)c1cccc(N)c1-c1ccc(N)cc1. The van der Waals surface area contributed by atoms with Gasteiger partial charge < -0.3 is 16.4 Å². The number of benzene rings is 2. The summed E-state index contributed by atoms with van der Waals surface area (Å²) in [5.41, 5.74) is 16.6. The van der Waals surface area contributed by atoms with Crippen molar-refractivity contribution in [2.75, 3.05) is 30.5 Å². The lowest BCUT2D eigenvalue weighted by Crippen LogP contribution is -2.10. The Morgan fingerprint density at radius 3 is 2.12 bits per heavy atom. The van der Waals surface area contributed by atoms with Gasteiger partial charge in [-0.05, 0) is 29.8 Å². The Balaban J connectivity index is 2.61. The van der Waals surface area contributed by atoms with Crippen molar-refractivity contribution in [1.82, 2.24) is 0 Å². The minimum Gasteiger partial charge on any atom is -0.399 e. The van der Waals surface area contributed by atoms with Crippen molar-refractivity contribution in [3.05, 3.63) is 42.5 Å². The number of hydrogen-bond acceptors (Lipinski definition) is 3. The zero-order chi connectivity index (χ0) is 12.4. The molecule has 0 aliphatic rings. The maximum absolute atomic E-state index is 6.07. The van der Waals surface area contributed by atoms with E-state index in [2.05, 4.69) is 11.0 Å². The molecule has 2 rings (SSSR count). The van der Waals surface area contributed by atoms with E-state index in [1.807, 2.05) is 50.5 Å². The van der Waals surface area contributed by atoms with E-state index in [9.17, 15) is 0 Å². The molecule has 3 heteroatoms. The summed E-state index contributed by atoms with van der Waals surface area (Å²) in [4.78, 5) is 2.06. The van der Waals surface area contributed by atoms with Crippen LogP contribution in [-0.4, -0.2) is 14.1 Å². The van der Waals surface area contributed by atoms with Crippen LogP contribution in [-0.2, 0) is 0 Å². The van der Waals surface area contributed by atoms with Crippen LogP contribution in [0.1, 0.15) is 0 Å². The van der Waals surface area contributed by atoms with Gasteiger partial charge in [-0.3, -0.25) is 0 Å². The van der Waals surface area contributed by atoms with E-state index in [-0.39, 0.29) is 0 Å². The Morgan fingerprint density at radius 2 is 1.53 bits per heavy atom. The molecule has 2 aromatic carbocycles. The molecule has 0 spiro atoms. The highest BCUT2D eigenvalue weighted by molar-refractivity contribution is 5.88. The maximum Gasteiger partial charge on any atom is 0.0461 e. The topological polar surface area (TPSA) is 55.3 Å². The molecule has 88 valence electrons. The summed E-state index contributed by atoms with van der Waals surface area (Å²) in [6.45, 7) is 0. The Labute approximate surface area is 102 Å². The molecule has 0 aliphatic carbocycles. The third kappa shape index (κ3) is 2.18. The molecule has 0 bridgehead atoms. The highest BCUT2D eigenvalue weighted by atomic mass is 15.1. The van der Waals surface area contributed by atoms with Crippen molar-refractivity contribution < 1.29 is 0 Å². The molecule has 17 heavy (non-hydrogen) atoms. The van der Waals surface area contributed by atoms with E-state index in [0.29, 0.717) is 0 Å². The lowest BCUT2D eigenvalue weighted by Gasteiger charge is -2.19. The first-order valence-corrected chi connectivity index (χ1v) is 5.51. The molecule has 0 amide bonds. The van der Waals surface area contributed by atoms with Gasteiger partial charge in [0.1, 0.15) is 0 Å². The van der Waals surface area contributed by atoms with Gasteiger partial charge in [0.15, 0.2) is 0 Å². The minimum atomic E-state index is 0.759. The summed E-state index contributed by atoms with van der Waals surface area (Å²) in [5.74, 6) is 0. The number of nitrogens with two attached hydrogens (primary N) is 2. The molecule has 4 N–H and O–H groups in total. The van der Waals surface area contributed by atoms with Crippen molar-refractivity contribution in [2.24, 2.45) is 0 Å². The van der Waals surface area contributed by atoms with Crippen LogP contribution in [0, 0.1) is 0 Å². The summed E-state index contributed by atoms with van der Waals surface area (Å²) in [7, 11) is 4.02. The van der Waals surface area contributed by atoms with Gasteiger partial charge in [0.25, 0.3) is 0 Å². The lowest BCUT2D eigenvalue weighted by atomic mass is 10.0. The quantitative estimate of drug-likeness (QED) is 0.775. The first-order valence-electron chi connectivity index (χ1n) is 5.51. The number of anilines is 3. The highest BCUT2D eigenvalue weighted by Crippen LogP contribution is 2.35. The minimum absolute atomic E-state index is 0.759. The van der Waals surface area contributed by atoms with Gasteiger partial charge in [-0.25, -0.2) is 0 Å². The van der Waals surface area contributed by atoms with Gasteiger partial charge in [-0.1, -0.05) is 18.2 Å². The molecule has 0 fully saturated rings. The summed E-state index contributed by atoms with van der Waals surface area (Å²) in [6.07, 6.45) is 0. The average Bonchev–Trinajstić information content (AvgIpc) is 2.30. The standard InChI is InChI=1S/C14H17N3/c1-17(2)13-5-3-4-12(16)14(13)10-6-8-11(15)9-7-10/h3-9H,15-16H2,1-2H3. The van der Waals surface area contributed by atoms with E-state index in [4.69, 9.17) is 11.5 Å². The number of rotatable bonds is 2. The maximum atomic E-state index is 6.07. The fourth-order valence-corrected chi connectivity index (χ4v) is 1.89. The van der Waals surface area contributed by atoms with Gasteiger partial charge in [-0.2, -0.15) is 0 Å². The van der Waals surface area contributed by atoms with Crippen LogP contribution in [0.25, 0.3) is 11.1 Å². The monoisotopic (exact) mass is 227 g/mol. The highest BCUT2D eigenvalue weighted by Gasteiger charge is 2.09. The first-order chi connectivity index (χ1) is 8.09. The predicted octanol–water partition coefficient (Wildman–Crippen LogP) is 2.58. The van der Waals surface area contributed by atoms with Crippen molar-refractivity contribution >= 4 is 17.1 Å². The van der Waals surface area contributed by atoms with Gasteiger partial charge >= 0.3 is 0 Å². The molecule has 0 saturated carbocycles.